The lowest BCUT2D eigenvalue weighted by atomic mass is 10.1. The lowest BCUT2D eigenvalue weighted by Gasteiger charge is -2.06. The Morgan fingerprint density at radius 2 is 2.43 bits per heavy atom. The van der Waals surface area contributed by atoms with Crippen molar-refractivity contribution in [3.05, 3.63) is 23.8 Å². The summed E-state index contributed by atoms with van der Waals surface area (Å²) in [7, 11) is 0. The van der Waals surface area contributed by atoms with Crippen molar-refractivity contribution in [2.75, 3.05) is 0 Å². The van der Waals surface area contributed by atoms with Crippen molar-refractivity contribution in [2.24, 2.45) is 0 Å². The molecule has 0 amide bonds. The van der Waals surface area contributed by atoms with E-state index in [9.17, 15) is 4.79 Å². The predicted molar refractivity (Wildman–Crippen MR) is 54.1 cm³/mol. The maximum Gasteiger partial charge on any atom is 0.307 e. The highest BCUT2D eigenvalue weighted by Crippen LogP contribution is 2.31. The van der Waals surface area contributed by atoms with Gasteiger partial charge in [0, 0.05) is 11.3 Å². The zero-order chi connectivity index (χ0) is 10.1. The molecule has 0 fully saturated rings. The van der Waals surface area contributed by atoms with E-state index in [0.29, 0.717) is 6.42 Å². The van der Waals surface area contributed by atoms with Gasteiger partial charge in [-0.05, 0) is 23.8 Å². The highest BCUT2D eigenvalue weighted by atomic mass is 32.1. The van der Waals surface area contributed by atoms with Gasteiger partial charge in [-0.25, -0.2) is 0 Å². The lowest BCUT2D eigenvalue weighted by molar-refractivity contribution is -0.138. The Labute approximate surface area is 87.1 Å². The van der Waals surface area contributed by atoms with Gasteiger partial charge in [0.05, 0.1) is 6.42 Å². The third kappa shape index (κ3) is 1.85. The van der Waals surface area contributed by atoms with Gasteiger partial charge in [-0.15, -0.1) is 12.6 Å². The smallest absolute Gasteiger partial charge is 0.307 e. The first-order valence-corrected chi connectivity index (χ1v) is 4.80. The van der Waals surface area contributed by atoms with Crippen molar-refractivity contribution in [1.29, 1.82) is 0 Å². The summed E-state index contributed by atoms with van der Waals surface area (Å²) in [4.78, 5) is 11.4. The van der Waals surface area contributed by atoms with Crippen LogP contribution in [0.1, 0.15) is 12.0 Å². The van der Waals surface area contributed by atoms with Crippen LogP contribution in [0, 0.1) is 0 Å². The summed E-state index contributed by atoms with van der Waals surface area (Å²) >= 11 is 4.21. The normalized spacial score (nSPS) is 18.8. The summed E-state index contributed by atoms with van der Waals surface area (Å²) in [5.74, 6) is -0.0389. The Kier molecular flexibility index (Phi) is 2.37. The Morgan fingerprint density at radius 3 is 3.14 bits per heavy atom. The molecule has 0 spiro atoms. The van der Waals surface area contributed by atoms with Gasteiger partial charge in [0.25, 0.3) is 0 Å². The molecule has 1 aromatic carbocycles. The van der Waals surface area contributed by atoms with Crippen molar-refractivity contribution < 1.29 is 14.6 Å². The van der Waals surface area contributed by atoms with E-state index in [1.54, 1.807) is 0 Å². The predicted octanol–water partition coefficient (Wildman–Crippen LogP) is 1.75. The fourth-order valence-electron chi connectivity index (χ4n) is 1.62. The third-order valence-electron chi connectivity index (χ3n) is 2.19. The summed E-state index contributed by atoms with van der Waals surface area (Å²) in [6.07, 6.45) is 0.490. The van der Waals surface area contributed by atoms with E-state index in [-0.39, 0.29) is 12.5 Å². The Hall–Kier alpha value is -1.16. The second-order valence-corrected chi connectivity index (χ2v) is 3.85. The minimum absolute atomic E-state index is 0.0522. The molecule has 1 aliphatic heterocycles. The van der Waals surface area contributed by atoms with Crippen LogP contribution in [-0.2, 0) is 11.2 Å². The molecule has 0 radical (unpaired) electrons. The van der Waals surface area contributed by atoms with Gasteiger partial charge in [-0.2, -0.15) is 0 Å². The maximum absolute atomic E-state index is 10.5. The van der Waals surface area contributed by atoms with E-state index in [1.165, 1.54) is 0 Å². The number of hydrogen-bond donors (Lipinski definition) is 2. The maximum atomic E-state index is 10.5. The van der Waals surface area contributed by atoms with E-state index in [0.717, 1.165) is 16.2 Å². The molecule has 14 heavy (non-hydrogen) atoms. The van der Waals surface area contributed by atoms with Gasteiger partial charge in [-0.3, -0.25) is 4.79 Å². The van der Waals surface area contributed by atoms with Crippen LogP contribution in [0.15, 0.2) is 23.1 Å². The minimum Gasteiger partial charge on any atom is -0.489 e. The zero-order valence-electron chi connectivity index (χ0n) is 7.43. The van der Waals surface area contributed by atoms with Gasteiger partial charge in [-0.1, -0.05) is 0 Å². The van der Waals surface area contributed by atoms with Gasteiger partial charge in [0.2, 0.25) is 0 Å². The molecule has 74 valence electrons. The van der Waals surface area contributed by atoms with Crippen molar-refractivity contribution in [2.45, 2.75) is 23.8 Å². The SMILES string of the molecule is O=C(O)CC1Cc2cc(S)ccc2O1. The number of aliphatic carboxylic acids is 1. The average molecular weight is 210 g/mol. The zero-order valence-corrected chi connectivity index (χ0v) is 8.33. The van der Waals surface area contributed by atoms with E-state index < -0.39 is 5.97 Å². The van der Waals surface area contributed by atoms with Crippen LogP contribution in [0.5, 0.6) is 5.75 Å². The molecule has 1 atom stereocenters. The van der Waals surface area contributed by atoms with Gasteiger partial charge in [0.1, 0.15) is 11.9 Å². The van der Waals surface area contributed by atoms with Crippen LogP contribution in [0.25, 0.3) is 0 Å². The molecule has 0 aliphatic carbocycles. The van der Waals surface area contributed by atoms with Crippen LogP contribution >= 0.6 is 12.6 Å². The van der Waals surface area contributed by atoms with Gasteiger partial charge < -0.3 is 9.84 Å². The van der Waals surface area contributed by atoms with Crippen LogP contribution in [-0.4, -0.2) is 17.2 Å². The molecule has 1 aliphatic rings. The largest absolute Gasteiger partial charge is 0.489 e. The molecular formula is C10H10O3S. The number of benzene rings is 1. The molecule has 2 rings (SSSR count). The van der Waals surface area contributed by atoms with E-state index in [4.69, 9.17) is 9.84 Å². The van der Waals surface area contributed by atoms with Crippen LogP contribution < -0.4 is 4.74 Å². The Balaban J connectivity index is 2.14. The molecule has 1 N–H and O–H groups in total. The summed E-state index contributed by atoms with van der Waals surface area (Å²) in [5, 5.41) is 8.61. The first-order chi connectivity index (χ1) is 6.65. The highest BCUT2D eigenvalue weighted by molar-refractivity contribution is 7.80. The molecule has 3 nitrogen and oxygen atoms in total. The van der Waals surface area contributed by atoms with Crippen molar-refractivity contribution in [1.82, 2.24) is 0 Å². The van der Waals surface area contributed by atoms with Crippen LogP contribution in [0.3, 0.4) is 0 Å². The highest BCUT2D eigenvalue weighted by Gasteiger charge is 2.24. The second-order valence-electron chi connectivity index (χ2n) is 3.33. The van der Waals surface area contributed by atoms with Crippen molar-refractivity contribution >= 4 is 18.6 Å². The molecule has 4 heteroatoms. The fraction of sp³-hybridized carbons (Fsp3) is 0.300. The third-order valence-corrected chi connectivity index (χ3v) is 2.47. The molecule has 1 aromatic rings. The van der Waals surface area contributed by atoms with E-state index >= 15 is 0 Å². The number of carboxylic acids is 1. The first-order valence-electron chi connectivity index (χ1n) is 4.35. The minimum atomic E-state index is -0.825. The Morgan fingerprint density at radius 1 is 1.64 bits per heavy atom. The van der Waals surface area contributed by atoms with Crippen molar-refractivity contribution in [3.8, 4) is 5.75 Å². The first kappa shape index (κ1) is 9.40. The number of thiol groups is 1. The average Bonchev–Trinajstić information content (AvgIpc) is 2.44. The van der Waals surface area contributed by atoms with E-state index in [1.807, 2.05) is 18.2 Å². The molecular weight excluding hydrogens is 200 g/mol. The number of ether oxygens (including phenoxy) is 1. The van der Waals surface area contributed by atoms with Crippen LogP contribution in [0.4, 0.5) is 0 Å². The standard InChI is InChI=1S/C10H10O3S/c11-10(12)5-7-3-6-4-8(14)1-2-9(6)13-7/h1-2,4,7,14H,3,5H2,(H,11,12). The summed E-state index contributed by atoms with van der Waals surface area (Å²) < 4.78 is 5.46. The number of rotatable bonds is 2. The lowest BCUT2D eigenvalue weighted by Crippen LogP contribution is -2.17. The van der Waals surface area contributed by atoms with E-state index in [2.05, 4.69) is 12.6 Å². The quantitative estimate of drug-likeness (QED) is 0.731. The summed E-state index contributed by atoms with van der Waals surface area (Å²) in [5.41, 5.74) is 1.05. The monoisotopic (exact) mass is 210 g/mol. The molecule has 0 saturated carbocycles. The van der Waals surface area contributed by atoms with Crippen molar-refractivity contribution in [3.63, 3.8) is 0 Å². The van der Waals surface area contributed by atoms with Crippen LogP contribution in [0.2, 0.25) is 0 Å². The van der Waals surface area contributed by atoms with Gasteiger partial charge in [0.15, 0.2) is 0 Å². The molecule has 1 unspecified atom stereocenters. The molecule has 0 saturated heterocycles. The number of fused-ring (bicyclic) bond motifs is 1. The Bertz CT molecular complexity index is 376. The van der Waals surface area contributed by atoms with Gasteiger partial charge >= 0.3 is 5.97 Å². The second kappa shape index (κ2) is 3.53. The number of carboxylic acid groups (broad SMARTS) is 1. The topological polar surface area (TPSA) is 46.5 Å². The fourth-order valence-corrected chi connectivity index (χ4v) is 1.85. The summed E-state index contributed by atoms with van der Waals surface area (Å²) in [6.45, 7) is 0. The molecule has 1 heterocycles. The molecule has 0 aromatic heterocycles. The number of hydrogen-bond acceptors (Lipinski definition) is 3. The molecule has 0 bridgehead atoms. The number of carbonyl (C=O) groups is 1. The summed E-state index contributed by atoms with van der Waals surface area (Å²) in [6, 6.07) is 5.59.